The van der Waals surface area contributed by atoms with Gasteiger partial charge in [-0.1, -0.05) is 0 Å². The molecule has 2 fully saturated rings. The van der Waals surface area contributed by atoms with Crippen molar-refractivity contribution in [2.24, 2.45) is 5.92 Å². The van der Waals surface area contributed by atoms with E-state index in [0.29, 0.717) is 5.92 Å². The van der Waals surface area contributed by atoms with Crippen molar-refractivity contribution in [3.05, 3.63) is 0 Å². The Morgan fingerprint density at radius 2 is 1.87 bits per heavy atom. The lowest BCUT2D eigenvalue weighted by molar-refractivity contribution is -0.141. The first-order valence-corrected chi connectivity index (χ1v) is 5.56. The SMILES string of the molecule is O=C(O)C1NCCNC1C1CCOCC1. The second-order valence-corrected chi connectivity index (χ2v) is 4.20. The molecule has 86 valence electrons. The van der Waals surface area contributed by atoms with Crippen molar-refractivity contribution in [2.75, 3.05) is 26.3 Å². The van der Waals surface area contributed by atoms with Gasteiger partial charge in [-0.05, 0) is 18.8 Å². The standard InChI is InChI=1S/C10H18N2O3/c13-10(14)9-8(11-3-4-12-9)7-1-5-15-6-2-7/h7-9,11-12H,1-6H2,(H,13,14). The predicted molar refractivity (Wildman–Crippen MR) is 54.8 cm³/mol. The molecule has 3 N–H and O–H groups in total. The molecule has 2 heterocycles. The van der Waals surface area contributed by atoms with Crippen LogP contribution in [0, 0.1) is 5.92 Å². The lowest BCUT2D eigenvalue weighted by Gasteiger charge is -2.38. The zero-order valence-corrected chi connectivity index (χ0v) is 8.74. The van der Waals surface area contributed by atoms with Crippen LogP contribution in [0.25, 0.3) is 0 Å². The summed E-state index contributed by atoms with van der Waals surface area (Å²) >= 11 is 0. The summed E-state index contributed by atoms with van der Waals surface area (Å²) in [6.45, 7) is 3.10. The van der Waals surface area contributed by atoms with Crippen molar-refractivity contribution in [3.8, 4) is 0 Å². The average Bonchev–Trinajstić information content (AvgIpc) is 2.30. The second-order valence-electron chi connectivity index (χ2n) is 4.20. The third-order valence-corrected chi connectivity index (χ3v) is 3.27. The van der Waals surface area contributed by atoms with Crippen LogP contribution in [0.1, 0.15) is 12.8 Å². The molecule has 0 bridgehead atoms. The Labute approximate surface area is 89.2 Å². The zero-order chi connectivity index (χ0) is 10.7. The van der Waals surface area contributed by atoms with Crippen LogP contribution >= 0.6 is 0 Å². The molecular weight excluding hydrogens is 196 g/mol. The molecule has 2 rings (SSSR count). The highest BCUT2D eigenvalue weighted by Gasteiger charge is 2.36. The van der Waals surface area contributed by atoms with E-state index in [0.717, 1.165) is 39.1 Å². The maximum atomic E-state index is 11.1. The van der Waals surface area contributed by atoms with Crippen LogP contribution in [0.4, 0.5) is 0 Å². The second kappa shape index (κ2) is 4.92. The van der Waals surface area contributed by atoms with Gasteiger partial charge in [-0.3, -0.25) is 4.79 Å². The lowest BCUT2D eigenvalue weighted by Crippen LogP contribution is -2.62. The van der Waals surface area contributed by atoms with E-state index in [4.69, 9.17) is 9.84 Å². The highest BCUT2D eigenvalue weighted by Crippen LogP contribution is 2.22. The number of carboxylic acids is 1. The van der Waals surface area contributed by atoms with Crippen molar-refractivity contribution in [1.82, 2.24) is 10.6 Å². The van der Waals surface area contributed by atoms with Gasteiger partial charge in [0, 0.05) is 32.3 Å². The molecule has 15 heavy (non-hydrogen) atoms. The first-order chi connectivity index (χ1) is 7.29. The molecule has 0 saturated carbocycles. The molecule has 2 aliphatic heterocycles. The highest BCUT2D eigenvalue weighted by molar-refractivity contribution is 5.74. The van der Waals surface area contributed by atoms with Crippen LogP contribution in [0.5, 0.6) is 0 Å². The highest BCUT2D eigenvalue weighted by atomic mass is 16.5. The molecule has 5 heteroatoms. The van der Waals surface area contributed by atoms with E-state index in [1.807, 2.05) is 0 Å². The van der Waals surface area contributed by atoms with Crippen molar-refractivity contribution in [1.29, 1.82) is 0 Å². The first kappa shape index (κ1) is 10.9. The van der Waals surface area contributed by atoms with Gasteiger partial charge in [0.1, 0.15) is 6.04 Å². The summed E-state index contributed by atoms with van der Waals surface area (Å²) in [6.07, 6.45) is 1.92. The van der Waals surface area contributed by atoms with Gasteiger partial charge in [0.25, 0.3) is 0 Å². The topological polar surface area (TPSA) is 70.6 Å². The lowest BCUT2D eigenvalue weighted by atomic mass is 9.86. The Bertz CT molecular complexity index is 229. The molecule has 2 atom stereocenters. The van der Waals surface area contributed by atoms with Gasteiger partial charge in [0.15, 0.2) is 0 Å². The number of nitrogens with one attached hydrogen (secondary N) is 2. The maximum absolute atomic E-state index is 11.1. The number of hydrogen-bond donors (Lipinski definition) is 3. The average molecular weight is 214 g/mol. The zero-order valence-electron chi connectivity index (χ0n) is 8.74. The van der Waals surface area contributed by atoms with Crippen molar-refractivity contribution >= 4 is 5.97 Å². The third kappa shape index (κ3) is 2.48. The minimum absolute atomic E-state index is 0.0557. The van der Waals surface area contributed by atoms with Crippen molar-refractivity contribution < 1.29 is 14.6 Å². The summed E-state index contributed by atoms with van der Waals surface area (Å²) in [5.41, 5.74) is 0. The third-order valence-electron chi connectivity index (χ3n) is 3.27. The number of rotatable bonds is 2. The minimum atomic E-state index is -0.751. The van der Waals surface area contributed by atoms with Gasteiger partial charge < -0.3 is 20.5 Å². The smallest absolute Gasteiger partial charge is 0.322 e. The van der Waals surface area contributed by atoms with E-state index in [1.54, 1.807) is 0 Å². The molecule has 0 aromatic rings. The van der Waals surface area contributed by atoms with Gasteiger partial charge >= 0.3 is 5.97 Å². The largest absolute Gasteiger partial charge is 0.480 e. The van der Waals surface area contributed by atoms with Crippen LogP contribution in [0.2, 0.25) is 0 Å². The molecule has 0 radical (unpaired) electrons. The fraction of sp³-hybridized carbons (Fsp3) is 0.900. The molecule has 0 spiro atoms. The summed E-state index contributed by atoms with van der Waals surface area (Å²) < 4.78 is 5.29. The number of hydrogen-bond acceptors (Lipinski definition) is 4. The maximum Gasteiger partial charge on any atom is 0.322 e. The van der Waals surface area contributed by atoms with E-state index >= 15 is 0 Å². The predicted octanol–water partition coefficient (Wildman–Crippen LogP) is -0.572. The molecule has 0 amide bonds. The summed E-state index contributed by atoms with van der Waals surface area (Å²) in [7, 11) is 0. The number of carboxylic acid groups (broad SMARTS) is 1. The van der Waals surface area contributed by atoms with Gasteiger partial charge in [-0.25, -0.2) is 0 Å². The fourth-order valence-electron chi connectivity index (χ4n) is 2.47. The Hall–Kier alpha value is -0.650. The van der Waals surface area contributed by atoms with Crippen molar-refractivity contribution in [3.63, 3.8) is 0 Å². The number of carbonyl (C=O) groups is 1. The van der Waals surface area contributed by atoms with E-state index in [1.165, 1.54) is 0 Å². The molecule has 2 saturated heterocycles. The van der Waals surface area contributed by atoms with Crippen molar-refractivity contribution in [2.45, 2.75) is 24.9 Å². The molecular formula is C10H18N2O3. The Balaban J connectivity index is 1.99. The van der Waals surface area contributed by atoms with E-state index in [9.17, 15) is 4.79 Å². The monoisotopic (exact) mass is 214 g/mol. The summed E-state index contributed by atoms with van der Waals surface area (Å²) in [6, 6.07) is -0.387. The molecule has 2 aliphatic rings. The van der Waals surface area contributed by atoms with Crippen LogP contribution in [-0.2, 0) is 9.53 Å². The number of aliphatic carboxylic acids is 1. The number of piperazine rings is 1. The van der Waals surface area contributed by atoms with Gasteiger partial charge in [-0.2, -0.15) is 0 Å². The molecule has 0 aromatic heterocycles. The Morgan fingerprint density at radius 3 is 2.53 bits per heavy atom. The van der Waals surface area contributed by atoms with Crippen LogP contribution in [0.15, 0.2) is 0 Å². The van der Waals surface area contributed by atoms with Crippen LogP contribution < -0.4 is 10.6 Å². The Kier molecular flexibility index (Phi) is 3.56. The minimum Gasteiger partial charge on any atom is -0.480 e. The quantitative estimate of drug-likeness (QED) is 0.574. The van der Waals surface area contributed by atoms with Gasteiger partial charge in [-0.15, -0.1) is 0 Å². The van der Waals surface area contributed by atoms with E-state index < -0.39 is 12.0 Å². The fourth-order valence-corrected chi connectivity index (χ4v) is 2.47. The first-order valence-electron chi connectivity index (χ1n) is 5.56. The van der Waals surface area contributed by atoms with Crippen LogP contribution in [-0.4, -0.2) is 49.5 Å². The van der Waals surface area contributed by atoms with Crippen LogP contribution in [0.3, 0.4) is 0 Å². The normalized spacial score (nSPS) is 33.9. The summed E-state index contributed by atoms with van der Waals surface area (Å²) in [5, 5.41) is 15.5. The Morgan fingerprint density at radius 1 is 1.20 bits per heavy atom. The van der Waals surface area contributed by atoms with Gasteiger partial charge in [0.05, 0.1) is 0 Å². The molecule has 5 nitrogen and oxygen atoms in total. The summed E-state index contributed by atoms with van der Waals surface area (Å²) in [4.78, 5) is 11.1. The number of ether oxygens (including phenoxy) is 1. The molecule has 2 unspecified atom stereocenters. The van der Waals surface area contributed by atoms with E-state index in [2.05, 4.69) is 10.6 Å². The molecule has 0 aliphatic carbocycles. The van der Waals surface area contributed by atoms with E-state index in [-0.39, 0.29) is 6.04 Å². The summed E-state index contributed by atoms with van der Waals surface area (Å²) in [5.74, 6) is -0.327. The molecule has 0 aromatic carbocycles. The van der Waals surface area contributed by atoms with Gasteiger partial charge in [0.2, 0.25) is 0 Å².